The van der Waals surface area contributed by atoms with Gasteiger partial charge in [-0.25, -0.2) is 4.98 Å². The number of hydrogen-bond donors (Lipinski definition) is 0. The summed E-state index contributed by atoms with van der Waals surface area (Å²) in [7, 11) is 0. The molecule has 1 heterocycles. The Labute approximate surface area is 110 Å². The Balaban J connectivity index is 2.14. The molecule has 86 valence electrons. The Bertz CT molecular complexity index is 515. The van der Waals surface area contributed by atoms with E-state index in [1.807, 2.05) is 12.1 Å². The van der Waals surface area contributed by atoms with Crippen molar-refractivity contribution in [3.63, 3.8) is 0 Å². The second-order valence-corrected chi connectivity index (χ2v) is 4.65. The topological polar surface area (TPSA) is 12.9 Å². The van der Waals surface area contributed by atoms with Crippen LogP contribution >= 0.6 is 15.9 Å². The highest BCUT2D eigenvalue weighted by molar-refractivity contribution is 9.10. The average molecular weight is 288 g/mol. The largest absolute Gasteiger partial charge is 0.249 e. The SMILES string of the molecule is CCc1ccc(/C=C/c2ccnc(Br)c2)cc1. The van der Waals surface area contributed by atoms with E-state index in [2.05, 4.69) is 64.3 Å². The monoisotopic (exact) mass is 287 g/mol. The van der Waals surface area contributed by atoms with Crippen molar-refractivity contribution in [2.45, 2.75) is 13.3 Å². The molecule has 0 atom stereocenters. The van der Waals surface area contributed by atoms with Crippen molar-refractivity contribution in [2.24, 2.45) is 0 Å². The van der Waals surface area contributed by atoms with Gasteiger partial charge in [-0.05, 0) is 51.2 Å². The fourth-order valence-corrected chi connectivity index (χ4v) is 1.96. The lowest BCUT2D eigenvalue weighted by Crippen LogP contribution is -1.79. The van der Waals surface area contributed by atoms with Crippen LogP contribution in [0.3, 0.4) is 0 Å². The van der Waals surface area contributed by atoms with E-state index in [1.165, 1.54) is 11.1 Å². The van der Waals surface area contributed by atoms with Crippen LogP contribution < -0.4 is 0 Å². The van der Waals surface area contributed by atoms with E-state index < -0.39 is 0 Å². The first-order valence-electron chi connectivity index (χ1n) is 5.66. The third-order valence-corrected chi connectivity index (χ3v) is 3.04. The molecule has 2 aromatic rings. The predicted molar refractivity (Wildman–Crippen MR) is 76.7 cm³/mol. The lowest BCUT2D eigenvalue weighted by atomic mass is 10.1. The van der Waals surface area contributed by atoms with Gasteiger partial charge in [0.05, 0.1) is 0 Å². The molecule has 0 bridgehead atoms. The van der Waals surface area contributed by atoms with Gasteiger partial charge in [-0.2, -0.15) is 0 Å². The molecule has 0 radical (unpaired) electrons. The van der Waals surface area contributed by atoms with Gasteiger partial charge in [0.2, 0.25) is 0 Å². The van der Waals surface area contributed by atoms with Crippen molar-refractivity contribution in [1.29, 1.82) is 0 Å². The summed E-state index contributed by atoms with van der Waals surface area (Å²) in [4.78, 5) is 4.10. The fourth-order valence-electron chi connectivity index (χ4n) is 1.58. The van der Waals surface area contributed by atoms with Crippen LogP contribution in [0.2, 0.25) is 0 Å². The van der Waals surface area contributed by atoms with Gasteiger partial charge in [-0.1, -0.05) is 43.3 Å². The van der Waals surface area contributed by atoms with Gasteiger partial charge in [0.25, 0.3) is 0 Å². The van der Waals surface area contributed by atoms with E-state index in [0.717, 1.165) is 16.6 Å². The summed E-state index contributed by atoms with van der Waals surface area (Å²) in [6.07, 6.45) is 7.08. The third kappa shape index (κ3) is 3.53. The van der Waals surface area contributed by atoms with Gasteiger partial charge in [0.1, 0.15) is 4.60 Å². The van der Waals surface area contributed by atoms with E-state index in [9.17, 15) is 0 Å². The Hall–Kier alpha value is -1.41. The van der Waals surface area contributed by atoms with Gasteiger partial charge >= 0.3 is 0 Å². The van der Waals surface area contributed by atoms with Gasteiger partial charge in [-0.15, -0.1) is 0 Å². The molecule has 0 saturated carbocycles. The van der Waals surface area contributed by atoms with Crippen molar-refractivity contribution < 1.29 is 0 Å². The van der Waals surface area contributed by atoms with Gasteiger partial charge in [0.15, 0.2) is 0 Å². The van der Waals surface area contributed by atoms with Crippen molar-refractivity contribution >= 4 is 28.1 Å². The Kier molecular flexibility index (Phi) is 4.10. The molecule has 17 heavy (non-hydrogen) atoms. The van der Waals surface area contributed by atoms with Crippen molar-refractivity contribution in [3.05, 3.63) is 63.9 Å². The molecule has 0 N–H and O–H groups in total. The summed E-state index contributed by atoms with van der Waals surface area (Å²) in [6.45, 7) is 2.17. The normalized spacial score (nSPS) is 10.9. The molecule has 0 aliphatic carbocycles. The first kappa shape index (κ1) is 12.1. The molecule has 1 aromatic carbocycles. The minimum atomic E-state index is 0.862. The summed E-state index contributed by atoms with van der Waals surface area (Å²) in [5.74, 6) is 0. The molecule has 0 spiro atoms. The number of hydrogen-bond acceptors (Lipinski definition) is 1. The third-order valence-electron chi connectivity index (χ3n) is 2.61. The summed E-state index contributed by atoms with van der Waals surface area (Å²) in [5.41, 5.74) is 3.73. The Morgan fingerprint density at radius 1 is 1.06 bits per heavy atom. The standard InChI is InChI=1S/C15H14BrN/c1-2-12-3-5-13(6-4-12)7-8-14-9-10-17-15(16)11-14/h3-11H,2H2,1H3/b8-7+. The first-order chi connectivity index (χ1) is 8.28. The zero-order chi connectivity index (χ0) is 12.1. The van der Waals surface area contributed by atoms with Crippen molar-refractivity contribution in [2.75, 3.05) is 0 Å². The van der Waals surface area contributed by atoms with Crippen molar-refractivity contribution in [1.82, 2.24) is 4.98 Å². The zero-order valence-electron chi connectivity index (χ0n) is 9.73. The molecule has 0 amide bonds. The number of nitrogens with zero attached hydrogens (tertiary/aromatic N) is 1. The Morgan fingerprint density at radius 2 is 1.76 bits per heavy atom. The minimum Gasteiger partial charge on any atom is -0.249 e. The van der Waals surface area contributed by atoms with E-state index in [-0.39, 0.29) is 0 Å². The van der Waals surface area contributed by atoms with Crippen LogP contribution in [0.1, 0.15) is 23.6 Å². The van der Waals surface area contributed by atoms with Crippen LogP contribution in [-0.4, -0.2) is 4.98 Å². The molecule has 2 rings (SSSR count). The lowest BCUT2D eigenvalue weighted by Gasteiger charge is -1.98. The summed E-state index contributed by atoms with van der Waals surface area (Å²) in [6, 6.07) is 12.6. The summed E-state index contributed by atoms with van der Waals surface area (Å²) >= 11 is 3.36. The molecule has 0 fully saturated rings. The van der Waals surface area contributed by atoms with Gasteiger partial charge in [-0.3, -0.25) is 0 Å². The second kappa shape index (κ2) is 5.78. The highest BCUT2D eigenvalue weighted by atomic mass is 79.9. The molecule has 1 nitrogen and oxygen atoms in total. The minimum absolute atomic E-state index is 0.862. The summed E-state index contributed by atoms with van der Waals surface area (Å²) < 4.78 is 0.862. The number of pyridine rings is 1. The molecule has 0 aliphatic heterocycles. The molecule has 0 saturated heterocycles. The van der Waals surface area contributed by atoms with Crippen LogP contribution in [0.4, 0.5) is 0 Å². The maximum Gasteiger partial charge on any atom is 0.106 e. The number of rotatable bonds is 3. The highest BCUT2D eigenvalue weighted by Crippen LogP contribution is 2.12. The lowest BCUT2D eigenvalue weighted by molar-refractivity contribution is 1.14. The Morgan fingerprint density at radius 3 is 2.41 bits per heavy atom. The van der Waals surface area contributed by atoms with Crippen LogP contribution in [0.15, 0.2) is 47.2 Å². The fraction of sp³-hybridized carbons (Fsp3) is 0.133. The van der Waals surface area contributed by atoms with E-state index in [1.54, 1.807) is 6.20 Å². The maximum absolute atomic E-state index is 4.10. The summed E-state index contributed by atoms with van der Waals surface area (Å²) in [5, 5.41) is 0. The maximum atomic E-state index is 4.10. The number of benzene rings is 1. The van der Waals surface area contributed by atoms with Crippen LogP contribution in [0, 0.1) is 0 Å². The van der Waals surface area contributed by atoms with Crippen molar-refractivity contribution in [3.8, 4) is 0 Å². The predicted octanol–water partition coefficient (Wildman–Crippen LogP) is 4.58. The van der Waals surface area contributed by atoms with Gasteiger partial charge < -0.3 is 0 Å². The van der Waals surface area contributed by atoms with E-state index in [4.69, 9.17) is 0 Å². The molecule has 2 heteroatoms. The number of aromatic nitrogens is 1. The number of aryl methyl sites for hydroxylation is 1. The average Bonchev–Trinajstić information content (AvgIpc) is 2.37. The number of halogens is 1. The molecule has 0 aliphatic rings. The van der Waals surface area contributed by atoms with Crippen LogP contribution in [0.25, 0.3) is 12.2 Å². The smallest absolute Gasteiger partial charge is 0.106 e. The van der Waals surface area contributed by atoms with Crippen LogP contribution in [0.5, 0.6) is 0 Å². The molecule has 0 unspecified atom stereocenters. The van der Waals surface area contributed by atoms with Crippen LogP contribution in [-0.2, 0) is 6.42 Å². The molecular formula is C15H14BrN. The van der Waals surface area contributed by atoms with Gasteiger partial charge in [0, 0.05) is 6.20 Å². The quantitative estimate of drug-likeness (QED) is 0.753. The van der Waals surface area contributed by atoms with E-state index >= 15 is 0 Å². The second-order valence-electron chi connectivity index (χ2n) is 3.84. The molecule has 1 aromatic heterocycles. The molecular weight excluding hydrogens is 274 g/mol. The zero-order valence-corrected chi connectivity index (χ0v) is 11.3. The highest BCUT2D eigenvalue weighted by Gasteiger charge is 1.91. The first-order valence-corrected chi connectivity index (χ1v) is 6.46. The van der Waals surface area contributed by atoms with E-state index in [0.29, 0.717) is 0 Å².